The number of nitrogens with zero attached hydrogens (tertiary/aromatic N) is 4. The van der Waals surface area contributed by atoms with Crippen molar-refractivity contribution >= 4 is 73.5 Å². The van der Waals surface area contributed by atoms with Gasteiger partial charge in [-0.15, -0.1) is 22.9 Å². The summed E-state index contributed by atoms with van der Waals surface area (Å²) in [4.78, 5) is 70.1. The number of nitrogens with one attached hydrogen (secondary N) is 2. The largest absolute Gasteiger partial charge is 0.458 e. The van der Waals surface area contributed by atoms with Crippen molar-refractivity contribution in [2.24, 2.45) is 11.1 Å². The van der Waals surface area contributed by atoms with E-state index in [2.05, 4.69) is 20.8 Å². The minimum absolute atomic E-state index is 0.0326. The third-order valence-electron chi connectivity index (χ3n) is 6.02. The Morgan fingerprint density at radius 1 is 1.27 bits per heavy atom. The van der Waals surface area contributed by atoms with Gasteiger partial charge in [0.2, 0.25) is 11.5 Å². The minimum Gasteiger partial charge on any atom is -0.458 e. The first-order valence-corrected chi connectivity index (χ1v) is 15.4. The minimum atomic E-state index is -4.90. The van der Waals surface area contributed by atoms with Crippen molar-refractivity contribution < 1.29 is 46.6 Å². The number of nitro benzene ring substituents is 1. The molecule has 2 aromatic rings. The summed E-state index contributed by atoms with van der Waals surface area (Å²) < 4.78 is 38.3. The number of aromatic nitrogens is 1. The number of amides is 3. The second-order valence-corrected chi connectivity index (χ2v) is 12.5. The van der Waals surface area contributed by atoms with Gasteiger partial charge in [-0.3, -0.25) is 29.1 Å². The van der Waals surface area contributed by atoms with Crippen LogP contribution >= 0.6 is 22.9 Å². The van der Waals surface area contributed by atoms with Crippen molar-refractivity contribution in [2.45, 2.75) is 52.0 Å². The molecule has 238 valence electrons. The lowest BCUT2D eigenvalue weighted by Crippen LogP contribution is -2.73. The standard InChI is InChI=1S/C24H27ClN6O11S2/c1-12(2)19-18(21(34)30(19)44(38,39)40)28-20(33)17(15-11-43-23(26-15)27-16(32)9-25)29-42-24(3,4)22(35)41-10-13-5-7-14(8-6-13)31(36)37/h5-8,11-12,18-19H,9-10H2,1-4H3,(H,28,33)(H,26,27,32)(H,38,39,40)/b29-17-. The van der Waals surface area contributed by atoms with Gasteiger partial charge in [-0.2, -0.15) is 8.42 Å². The van der Waals surface area contributed by atoms with Crippen molar-refractivity contribution in [3.8, 4) is 0 Å². The third kappa shape index (κ3) is 8.04. The Labute approximate surface area is 259 Å². The molecule has 1 aliphatic heterocycles. The van der Waals surface area contributed by atoms with E-state index in [1.807, 2.05) is 0 Å². The molecule has 44 heavy (non-hydrogen) atoms. The topological polar surface area (TPSA) is 237 Å². The number of carbonyl (C=O) groups is 4. The number of oxime groups is 1. The second kappa shape index (κ2) is 13.6. The second-order valence-electron chi connectivity index (χ2n) is 10.1. The zero-order chi connectivity index (χ0) is 33.0. The van der Waals surface area contributed by atoms with Gasteiger partial charge in [-0.25, -0.2) is 14.1 Å². The van der Waals surface area contributed by atoms with Crippen LogP contribution in [0.15, 0.2) is 34.8 Å². The molecule has 0 saturated carbocycles. The molecule has 20 heteroatoms. The number of hydrogen-bond acceptors (Lipinski definition) is 13. The van der Waals surface area contributed by atoms with E-state index in [9.17, 15) is 42.3 Å². The summed E-state index contributed by atoms with van der Waals surface area (Å²) in [6.45, 7) is 5.45. The number of anilines is 1. The summed E-state index contributed by atoms with van der Waals surface area (Å²) in [5.41, 5.74) is -2.20. The highest BCUT2D eigenvalue weighted by molar-refractivity contribution is 7.84. The molecule has 0 bridgehead atoms. The molecule has 1 fully saturated rings. The molecule has 17 nitrogen and oxygen atoms in total. The number of β-lactam (4-membered cyclic amide) rings is 1. The number of hydrogen-bond donors (Lipinski definition) is 3. The van der Waals surface area contributed by atoms with Crippen LogP contribution in [-0.2, 0) is 45.7 Å². The molecule has 3 N–H and O–H groups in total. The highest BCUT2D eigenvalue weighted by Gasteiger charge is 2.55. The van der Waals surface area contributed by atoms with E-state index in [-0.39, 0.29) is 33.3 Å². The number of alkyl halides is 1. The first kappa shape index (κ1) is 34.3. The maximum Gasteiger partial charge on any atom is 0.362 e. The average molecular weight is 675 g/mol. The van der Waals surface area contributed by atoms with Gasteiger partial charge in [0.1, 0.15) is 24.2 Å². The van der Waals surface area contributed by atoms with E-state index in [0.29, 0.717) is 5.56 Å². The Balaban J connectivity index is 1.83. The van der Waals surface area contributed by atoms with Gasteiger partial charge in [0.05, 0.1) is 11.0 Å². The number of benzene rings is 1. The van der Waals surface area contributed by atoms with Crippen LogP contribution in [0.5, 0.6) is 0 Å². The number of ether oxygens (including phenoxy) is 1. The van der Waals surface area contributed by atoms with Crippen LogP contribution in [-0.4, -0.2) is 80.2 Å². The van der Waals surface area contributed by atoms with Gasteiger partial charge in [-0.05, 0) is 37.5 Å². The van der Waals surface area contributed by atoms with Crippen LogP contribution in [0.2, 0.25) is 0 Å². The number of rotatable bonds is 13. The summed E-state index contributed by atoms with van der Waals surface area (Å²) in [5, 5.41) is 20.7. The summed E-state index contributed by atoms with van der Waals surface area (Å²) in [6.07, 6.45) is 0. The number of halogens is 1. The molecule has 3 rings (SSSR count). The van der Waals surface area contributed by atoms with Crippen LogP contribution in [0.3, 0.4) is 0 Å². The highest BCUT2D eigenvalue weighted by atomic mass is 35.5. The van der Waals surface area contributed by atoms with Crippen molar-refractivity contribution in [1.82, 2.24) is 14.6 Å². The van der Waals surface area contributed by atoms with Crippen molar-refractivity contribution in [3.63, 3.8) is 0 Å². The Morgan fingerprint density at radius 3 is 2.45 bits per heavy atom. The predicted octanol–water partition coefficient (Wildman–Crippen LogP) is 1.63. The highest BCUT2D eigenvalue weighted by Crippen LogP contribution is 2.29. The van der Waals surface area contributed by atoms with E-state index in [1.165, 1.54) is 43.5 Å². The lowest BCUT2D eigenvalue weighted by atomic mass is 9.88. The van der Waals surface area contributed by atoms with Crippen molar-refractivity contribution in [3.05, 3.63) is 51.0 Å². The molecule has 3 amide bonds. The number of nitro groups is 1. The fourth-order valence-corrected chi connectivity index (χ4v) is 5.59. The van der Waals surface area contributed by atoms with Gasteiger partial charge in [0, 0.05) is 17.5 Å². The lowest BCUT2D eigenvalue weighted by molar-refractivity contribution is -0.384. The molecular weight excluding hydrogens is 648 g/mol. The molecule has 0 radical (unpaired) electrons. The normalized spacial score (nSPS) is 17.1. The molecule has 1 aromatic carbocycles. The van der Waals surface area contributed by atoms with E-state index in [1.54, 1.807) is 13.8 Å². The van der Waals surface area contributed by atoms with E-state index in [4.69, 9.17) is 21.2 Å². The number of thiazole rings is 1. The van der Waals surface area contributed by atoms with Crippen molar-refractivity contribution in [2.75, 3.05) is 11.2 Å². The molecule has 2 heterocycles. The molecule has 1 aliphatic rings. The number of esters is 1. The summed E-state index contributed by atoms with van der Waals surface area (Å²) in [7, 11) is -4.90. The lowest BCUT2D eigenvalue weighted by Gasteiger charge is -2.46. The van der Waals surface area contributed by atoms with Gasteiger partial charge in [0.15, 0.2) is 10.8 Å². The van der Waals surface area contributed by atoms with Gasteiger partial charge in [0.25, 0.3) is 17.5 Å². The number of carbonyl (C=O) groups excluding carboxylic acids is 4. The molecule has 2 atom stereocenters. The summed E-state index contributed by atoms with van der Waals surface area (Å²) in [5.74, 6) is -4.56. The molecule has 1 aromatic heterocycles. The maximum absolute atomic E-state index is 13.4. The quantitative estimate of drug-likeness (QED) is 0.0523. The molecule has 1 saturated heterocycles. The van der Waals surface area contributed by atoms with Crippen LogP contribution in [0.1, 0.15) is 39.0 Å². The van der Waals surface area contributed by atoms with E-state index < -0.39 is 68.2 Å². The average Bonchev–Trinajstić information content (AvgIpc) is 3.39. The Hall–Kier alpha value is -4.20. The zero-order valence-corrected chi connectivity index (χ0v) is 25.9. The predicted molar refractivity (Wildman–Crippen MR) is 155 cm³/mol. The summed E-state index contributed by atoms with van der Waals surface area (Å²) in [6, 6.07) is 2.79. The Morgan fingerprint density at radius 2 is 1.91 bits per heavy atom. The first-order valence-electron chi connectivity index (χ1n) is 12.6. The smallest absolute Gasteiger partial charge is 0.362 e. The van der Waals surface area contributed by atoms with Crippen LogP contribution in [0.4, 0.5) is 10.8 Å². The first-order chi connectivity index (χ1) is 20.5. The molecule has 0 aliphatic carbocycles. The third-order valence-corrected chi connectivity index (χ3v) is 7.94. The van der Waals surface area contributed by atoms with Gasteiger partial charge < -0.3 is 20.2 Å². The number of non-ortho nitro benzene ring substituents is 1. The Bertz CT molecular complexity index is 1590. The van der Waals surface area contributed by atoms with E-state index in [0.717, 1.165) is 11.3 Å². The van der Waals surface area contributed by atoms with Gasteiger partial charge in [-0.1, -0.05) is 19.0 Å². The zero-order valence-electron chi connectivity index (χ0n) is 23.5. The van der Waals surface area contributed by atoms with Crippen LogP contribution in [0, 0.1) is 16.0 Å². The molecule has 2 unspecified atom stereocenters. The van der Waals surface area contributed by atoms with Crippen molar-refractivity contribution in [1.29, 1.82) is 0 Å². The van der Waals surface area contributed by atoms with Crippen LogP contribution < -0.4 is 10.6 Å². The summed E-state index contributed by atoms with van der Waals surface area (Å²) >= 11 is 6.40. The SMILES string of the molecule is CC(C)C1C(NC(=O)/C(=N\OC(C)(C)C(=O)OCc2ccc([N+](=O)[O-])cc2)c2csc(NC(=O)CCl)n2)C(=O)N1S(=O)(=O)O. The van der Waals surface area contributed by atoms with Crippen LogP contribution in [0.25, 0.3) is 0 Å². The van der Waals surface area contributed by atoms with Gasteiger partial charge >= 0.3 is 16.3 Å². The molecular formula is C24H27ClN6O11S2. The van der Waals surface area contributed by atoms with E-state index >= 15 is 0 Å². The Kier molecular flexibility index (Phi) is 10.6. The maximum atomic E-state index is 13.4. The molecule has 0 spiro atoms. The monoisotopic (exact) mass is 674 g/mol. The fourth-order valence-electron chi connectivity index (χ4n) is 3.79. The fraction of sp³-hybridized carbons (Fsp3) is 0.417.